The van der Waals surface area contributed by atoms with Crippen LogP contribution in [-0.2, 0) is 4.79 Å². The number of carbonyl (C=O) groups excluding carboxylic acids is 1. The zero-order valence-electron chi connectivity index (χ0n) is 13.4. The van der Waals surface area contributed by atoms with Crippen molar-refractivity contribution < 1.29 is 19.6 Å². The maximum absolute atomic E-state index is 11.8. The molecule has 0 fully saturated rings. The van der Waals surface area contributed by atoms with Crippen LogP contribution in [0.25, 0.3) is 0 Å². The first-order valence-corrected chi connectivity index (χ1v) is 8.44. The number of nitro benzene ring substituents is 1. The van der Waals surface area contributed by atoms with Gasteiger partial charge in [-0.3, -0.25) is 14.9 Å². The topological polar surface area (TPSA) is 102 Å². The molecule has 2 aromatic rings. The summed E-state index contributed by atoms with van der Waals surface area (Å²) < 4.78 is 5.58. The van der Waals surface area contributed by atoms with Gasteiger partial charge in [-0.2, -0.15) is 0 Å². The predicted molar refractivity (Wildman–Crippen MR) is 97.4 cm³/mol. The number of para-hydroxylation sites is 1. The number of nitrogens with zero attached hydrogens (tertiary/aromatic N) is 1. The quantitative estimate of drug-likeness (QED) is 0.404. The van der Waals surface area contributed by atoms with E-state index in [4.69, 9.17) is 27.9 Å². The molecule has 0 aliphatic rings. The lowest BCUT2D eigenvalue weighted by Gasteiger charge is -2.25. The summed E-state index contributed by atoms with van der Waals surface area (Å²) in [5, 5.41) is 23.8. The Morgan fingerprint density at radius 3 is 2.31 bits per heavy atom. The molecule has 7 nitrogen and oxygen atoms in total. The summed E-state index contributed by atoms with van der Waals surface area (Å²) >= 11 is 11.1. The molecule has 1 amide bonds. The SMILES string of the molecule is O=C(N[C@H](COc1ccccc1)[C@H](O)c1ccc([N+](=O)[O-])cc1)C(Cl)Cl. The van der Waals surface area contributed by atoms with Crippen molar-refractivity contribution in [3.05, 3.63) is 70.3 Å². The number of rotatable bonds is 8. The normalized spacial score (nSPS) is 13.1. The van der Waals surface area contributed by atoms with Crippen molar-refractivity contribution in [2.75, 3.05) is 6.61 Å². The number of ether oxygens (including phenoxy) is 1. The van der Waals surface area contributed by atoms with Crippen LogP contribution in [0, 0.1) is 10.1 Å². The Balaban J connectivity index is 2.15. The van der Waals surface area contributed by atoms with Crippen molar-refractivity contribution in [3.8, 4) is 5.75 Å². The Hall–Kier alpha value is -2.35. The van der Waals surface area contributed by atoms with Crippen molar-refractivity contribution in [1.29, 1.82) is 0 Å². The number of alkyl halides is 2. The largest absolute Gasteiger partial charge is 0.491 e. The number of nitrogens with one attached hydrogen (secondary N) is 1. The Labute approximate surface area is 159 Å². The van der Waals surface area contributed by atoms with Crippen LogP contribution in [0.2, 0.25) is 0 Å². The van der Waals surface area contributed by atoms with Gasteiger partial charge in [0.05, 0.1) is 11.0 Å². The van der Waals surface area contributed by atoms with Crippen molar-refractivity contribution >= 4 is 34.8 Å². The highest BCUT2D eigenvalue weighted by molar-refractivity contribution is 6.53. The van der Waals surface area contributed by atoms with E-state index < -0.39 is 27.8 Å². The van der Waals surface area contributed by atoms with E-state index in [0.29, 0.717) is 11.3 Å². The molecule has 0 heterocycles. The number of benzene rings is 2. The van der Waals surface area contributed by atoms with Gasteiger partial charge in [0.25, 0.3) is 11.6 Å². The van der Waals surface area contributed by atoms with Crippen molar-refractivity contribution in [3.63, 3.8) is 0 Å². The minimum atomic E-state index is -1.31. The van der Waals surface area contributed by atoms with Crippen LogP contribution < -0.4 is 10.1 Å². The first-order valence-electron chi connectivity index (χ1n) is 7.57. The Kier molecular flexibility index (Phi) is 7.20. The number of aliphatic hydroxyl groups is 1. The first kappa shape index (κ1) is 20.0. The van der Waals surface area contributed by atoms with E-state index in [1.54, 1.807) is 24.3 Å². The van der Waals surface area contributed by atoms with Gasteiger partial charge in [-0.1, -0.05) is 41.4 Å². The number of hydrogen-bond acceptors (Lipinski definition) is 5. The molecule has 2 rings (SSSR count). The van der Waals surface area contributed by atoms with Crippen molar-refractivity contribution in [2.45, 2.75) is 17.0 Å². The average Bonchev–Trinajstić information content (AvgIpc) is 2.65. The van der Waals surface area contributed by atoms with Crippen LogP contribution in [0.3, 0.4) is 0 Å². The lowest BCUT2D eigenvalue weighted by Crippen LogP contribution is -2.45. The molecule has 9 heteroatoms. The van der Waals surface area contributed by atoms with Gasteiger partial charge in [0.15, 0.2) is 4.84 Å². The third kappa shape index (κ3) is 5.59. The monoisotopic (exact) mass is 398 g/mol. The Bertz CT molecular complexity index is 741. The van der Waals surface area contributed by atoms with Crippen LogP contribution in [0.1, 0.15) is 11.7 Å². The summed E-state index contributed by atoms with van der Waals surface area (Å²) in [6.45, 7) is -0.0611. The minimum Gasteiger partial charge on any atom is -0.491 e. The molecular formula is C17H16Cl2N2O5. The summed E-state index contributed by atoms with van der Waals surface area (Å²) in [5.41, 5.74) is 0.266. The molecule has 0 aliphatic carbocycles. The van der Waals surface area contributed by atoms with Crippen molar-refractivity contribution in [2.24, 2.45) is 0 Å². The summed E-state index contributed by atoms with van der Waals surface area (Å²) in [5.74, 6) is -0.132. The van der Waals surface area contributed by atoms with E-state index in [-0.39, 0.29) is 12.3 Å². The van der Waals surface area contributed by atoms with E-state index in [9.17, 15) is 20.0 Å². The van der Waals surface area contributed by atoms with E-state index in [2.05, 4.69) is 5.32 Å². The molecule has 0 saturated carbocycles. The molecule has 26 heavy (non-hydrogen) atoms. The van der Waals surface area contributed by atoms with Crippen LogP contribution in [0.15, 0.2) is 54.6 Å². The first-order chi connectivity index (χ1) is 12.4. The second-order valence-corrected chi connectivity index (χ2v) is 6.43. The van der Waals surface area contributed by atoms with Crippen molar-refractivity contribution in [1.82, 2.24) is 5.32 Å². The summed E-state index contributed by atoms with van der Waals surface area (Å²) in [4.78, 5) is 20.7. The number of aliphatic hydroxyl groups excluding tert-OH is 1. The predicted octanol–water partition coefficient (Wildman–Crippen LogP) is 3.00. The smallest absolute Gasteiger partial charge is 0.269 e. The molecule has 0 bridgehead atoms. The lowest BCUT2D eigenvalue weighted by atomic mass is 10.0. The maximum Gasteiger partial charge on any atom is 0.269 e. The zero-order valence-corrected chi connectivity index (χ0v) is 14.9. The summed E-state index contributed by atoms with van der Waals surface area (Å²) in [6, 6.07) is 13.3. The van der Waals surface area contributed by atoms with Gasteiger partial charge in [0.2, 0.25) is 0 Å². The number of halogens is 2. The van der Waals surface area contributed by atoms with E-state index in [1.807, 2.05) is 6.07 Å². The van der Waals surface area contributed by atoms with E-state index in [0.717, 1.165) is 0 Å². The number of non-ortho nitro benzene ring substituents is 1. The van der Waals surface area contributed by atoms with Crippen LogP contribution in [-0.4, -0.2) is 33.4 Å². The second-order valence-electron chi connectivity index (χ2n) is 5.33. The molecule has 0 saturated heterocycles. The van der Waals surface area contributed by atoms with E-state index >= 15 is 0 Å². The standard InChI is InChI=1S/C17H16Cl2N2O5/c18-16(19)17(23)20-14(10-26-13-4-2-1-3-5-13)15(22)11-6-8-12(9-7-11)21(24)25/h1-9,14-16,22H,10H2,(H,20,23)/t14-,15-/m1/s1. The number of carbonyl (C=O) groups is 1. The fourth-order valence-corrected chi connectivity index (χ4v) is 2.31. The molecule has 138 valence electrons. The highest BCUT2D eigenvalue weighted by Gasteiger charge is 2.26. The lowest BCUT2D eigenvalue weighted by molar-refractivity contribution is -0.384. The fourth-order valence-electron chi connectivity index (χ4n) is 2.19. The summed E-state index contributed by atoms with van der Waals surface area (Å²) in [7, 11) is 0. The average molecular weight is 399 g/mol. The molecule has 2 aromatic carbocycles. The molecular weight excluding hydrogens is 383 g/mol. The van der Waals surface area contributed by atoms with Gasteiger partial charge >= 0.3 is 0 Å². The highest BCUT2D eigenvalue weighted by atomic mass is 35.5. The molecule has 2 N–H and O–H groups in total. The molecule has 0 radical (unpaired) electrons. The van der Waals surface area contributed by atoms with Gasteiger partial charge in [0.1, 0.15) is 18.5 Å². The molecule has 0 unspecified atom stereocenters. The molecule has 0 aliphatic heterocycles. The Morgan fingerprint density at radius 2 is 1.77 bits per heavy atom. The van der Waals surface area contributed by atoms with Gasteiger partial charge < -0.3 is 15.2 Å². The maximum atomic E-state index is 11.8. The number of nitro groups is 1. The second kappa shape index (κ2) is 9.38. The zero-order chi connectivity index (χ0) is 19.1. The minimum absolute atomic E-state index is 0.0611. The fraction of sp³-hybridized carbons (Fsp3) is 0.235. The van der Waals surface area contributed by atoms with Gasteiger partial charge in [-0.05, 0) is 29.8 Å². The third-order valence-corrected chi connectivity index (χ3v) is 3.92. The Morgan fingerprint density at radius 1 is 1.15 bits per heavy atom. The van der Waals surface area contributed by atoms with Gasteiger partial charge in [-0.15, -0.1) is 0 Å². The molecule has 2 atom stereocenters. The highest BCUT2D eigenvalue weighted by Crippen LogP contribution is 2.22. The molecule has 0 spiro atoms. The van der Waals surface area contributed by atoms with Crippen LogP contribution >= 0.6 is 23.2 Å². The molecule has 0 aromatic heterocycles. The van der Waals surface area contributed by atoms with Gasteiger partial charge in [0, 0.05) is 12.1 Å². The summed E-state index contributed by atoms with van der Waals surface area (Å²) in [6.07, 6.45) is -1.18. The number of hydrogen-bond donors (Lipinski definition) is 2. The van der Waals surface area contributed by atoms with Gasteiger partial charge in [-0.25, -0.2) is 0 Å². The number of amides is 1. The third-order valence-electron chi connectivity index (χ3n) is 3.53. The van der Waals surface area contributed by atoms with E-state index in [1.165, 1.54) is 24.3 Å². The van der Waals surface area contributed by atoms with Crippen LogP contribution in [0.4, 0.5) is 5.69 Å². The van der Waals surface area contributed by atoms with Crippen LogP contribution in [0.5, 0.6) is 5.75 Å².